The van der Waals surface area contributed by atoms with Crippen molar-refractivity contribution in [2.24, 2.45) is 11.7 Å². The van der Waals surface area contributed by atoms with E-state index in [-0.39, 0.29) is 0 Å². The van der Waals surface area contributed by atoms with Crippen molar-refractivity contribution in [2.75, 3.05) is 0 Å². The normalized spacial score (nSPS) is 40.9. The zero-order valence-corrected chi connectivity index (χ0v) is 10.8. The zero-order chi connectivity index (χ0) is 11.4. The fraction of sp³-hybridized carbons (Fsp3) is 1.00. The highest BCUT2D eigenvalue weighted by Crippen LogP contribution is 2.28. The summed E-state index contributed by atoms with van der Waals surface area (Å²) in [5.41, 5.74) is 5.94. The van der Waals surface area contributed by atoms with Crippen LogP contribution in [0.15, 0.2) is 0 Å². The summed E-state index contributed by atoms with van der Waals surface area (Å²) in [6.45, 7) is 2.33. The third-order valence-corrected chi connectivity index (χ3v) is 4.67. The summed E-state index contributed by atoms with van der Waals surface area (Å²) in [5, 5.41) is 3.87. The minimum Gasteiger partial charge on any atom is -0.328 e. The van der Waals surface area contributed by atoms with Crippen LogP contribution >= 0.6 is 0 Å². The molecule has 2 fully saturated rings. The van der Waals surface area contributed by atoms with Crippen molar-refractivity contribution >= 4 is 0 Å². The molecule has 0 aromatic rings. The third kappa shape index (κ3) is 3.46. The molecular formula is C14H28N2. The van der Waals surface area contributed by atoms with Crippen molar-refractivity contribution in [3.05, 3.63) is 0 Å². The first kappa shape index (κ1) is 12.4. The van der Waals surface area contributed by atoms with Gasteiger partial charge in [0.25, 0.3) is 0 Å². The maximum atomic E-state index is 5.94. The van der Waals surface area contributed by atoms with Gasteiger partial charge in [-0.2, -0.15) is 0 Å². The zero-order valence-electron chi connectivity index (χ0n) is 10.8. The largest absolute Gasteiger partial charge is 0.328 e. The van der Waals surface area contributed by atoms with Crippen molar-refractivity contribution in [1.29, 1.82) is 0 Å². The number of rotatable bonds is 3. The maximum absolute atomic E-state index is 5.94. The second-order valence-electron chi connectivity index (χ2n) is 5.90. The second-order valence-corrected chi connectivity index (χ2v) is 5.90. The Kier molecular flexibility index (Phi) is 4.66. The molecule has 2 aliphatic rings. The van der Waals surface area contributed by atoms with Crippen molar-refractivity contribution < 1.29 is 0 Å². The van der Waals surface area contributed by atoms with E-state index in [1.54, 1.807) is 0 Å². The Morgan fingerprint density at radius 1 is 0.875 bits per heavy atom. The molecule has 0 aliphatic heterocycles. The number of hydrogen-bond donors (Lipinski definition) is 2. The van der Waals surface area contributed by atoms with E-state index in [1.165, 1.54) is 57.8 Å². The van der Waals surface area contributed by atoms with E-state index in [1.807, 2.05) is 0 Å². The molecule has 94 valence electrons. The fourth-order valence-electron chi connectivity index (χ4n) is 3.36. The molecular weight excluding hydrogens is 196 g/mol. The Morgan fingerprint density at radius 3 is 1.88 bits per heavy atom. The number of nitrogens with two attached hydrogens (primary N) is 1. The van der Waals surface area contributed by atoms with Crippen LogP contribution < -0.4 is 11.1 Å². The van der Waals surface area contributed by atoms with Gasteiger partial charge in [-0.25, -0.2) is 0 Å². The molecule has 2 aliphatic carbocycles. The summed E-state index contributed by atoms with van der Waals surface area (Å²) in [6, 6.07) is 2.05. The van der Waals surface area contributed by atoms with Gasteiger partial charge < -0.3 is 11.1 Å². The molecule has 16 heavy (non-hydrogen) atoms. The Bertz CT molecular complexity index is 189. The van der Waals surface area contributed by atoms with E-state index in [0.29, 0.717) is 6.04 Å². The quantitative estimate of drug-likeness (QED) is 0.773. The van der Waals surface area contributed by atoms with Crippen LogP contribution in [-0.4, -0.2) is 18.1 Å². The van der Waals surface area contributed by atoms with Crippen LogP contribution in [0.3, 0.4) is 0 Å². The topological polar surface area (TPSA) is 38.0 Å². The molecule has 0 atom stereocenters. The highest BCUT2D eigenvalue weighted by molar-refractivity contribution is 4.84. The minimum absolute atomic E-state index is 0.480. The lowest BCUT2D eigenvalue weighted by Crippen LogP contribution is -2.44. The smallest absolute Gasteiger partial charge is 0.00708 e. The van der Waals surface area contributed by atoms with Gasteiger partial charge in [0.05, 0.1) is 0 Å². The Hall–Kier alpha value is -0.0800. The van der Waals surface area contributed by atoms with Crippen LogP contribution in [0.1, 0.15) is 64.7 Å². The average molecular weight is 224 g/mol. The number of nitrogens with one attached hydrogen (secondary N) is 1. The van der Waals surface area contributed by atoms with E-state index in [4.69, 9.17) is 5.73 Å². The summed E-state index contributed by atoms with van der Waals surface area (Å²) < 4.78 is 0. The van der Waals surface area contributed by atoms with Crippen molar-refractivity contribution in [3.8, 4) is 0 Å². The molecule has 0 saturated heterocycles. The van der Waals surface area contributed by atoms with Crippen molar-refractivity contribution in [3.63, 3.8) is 0 Å². The van der Waals surface area contributed by atoms with E-state index in [2.05, 4.69) is 12.2 Å². The Labute approximate surface area is 100 Å². The van der Waals surface area contributed by atoms with Gasteiger partial charge in [-0.15, -0.1) is 0 Å². The van der Waals surface area contributed by atoms with Crippen LogP contribution in [0.5, 0.6) is 0 Å². The second kappa shape index (κ2) is 6.02. The van der Waals surface area contributed by atoms with Crippen LogP contribution in [0.4, 0.5) is 0 Å². The van der Waals surface area contributed by atoms with Gasteiger partial charge in [0, 0.05) is 18.1 Å². The predicted octanol–water partition coefficient (Wildman–Crippen LogP) is 2.81. The molecule has 3 N–H and O–H groups in total. The lowest BCUT2D eigenvalue weighted by Gasteiger charge is -2.34. The van der Waals surface area contributed by atoms with Crippen LogP contribution in [0.25, 0.3) is 0 Å². The predicted molar refractivity (Wildman–Crippen MR) is 69.4 cm³/mol. The van der Waals surface area contributed by atoms with Gasteiger partial charge >= 0.3 is 0 Å². The highest BCUT2D eigenvalue weighted by atomic mass is 15.0. The summed E-state index contributed by atoms with van der Waals surface area (Å²) in [4.78, 5) is 0. The molecule has 0 aromatic heterocycles. The van der Waals surface area contributed by atoms with Gasteiger partial charge in [-0.1, -0.05) is 13.3 Å². The molecule has 2 nitrogen and oxygen atoms in total. The molecule has 0 bridgehead atoms. The van der Waals surface area contributed by atoms with Crippen LogP contribution in [0, 0.1) is 5.92 Å². The molecule has 0 heterocycles. The van der Waals surface area contributed by atoms with E-state index >= 15 is 0 Å². The van der Waals surface area contributed by atoms with Crippen LogP contribution in [0.2, 0.25) is 0 Å². The van der Waals surface area contributed by atoms with Gasteiger partial charge in [0.15, 0.2) is 0 Å². The lowest BCUT2D eigenvalue weighted by molar-refractivity contribution is 0.242. The monoisotopic (exact) mass is 224 g/mol. The summed E-state index contributed by atoms with van der Waals surface area (Å²) >= 11 is 0. The summed E-state index contributed by atoms with van der Waals surface area (Å²) in [6.07, 6.45) is 12.1. The molecule has 2 heteroatoms. The highest BCUT2D eigenvalue weighted by Gasteiger charge is 2.24. The van der Waals surface area contributed by atoms with Crippen LogP contribution in [-0.2, 0) is 0 Å². The lowest BCUT2D eigenvalue weighted by atomic mass is 9.83. The molecule has 0 radical (unpaired) electrons. The summed E-state index contributed by atoms with van der Waals surface area (Å²) in [7, 11) is 0. The first-order valence-electron chi connectivity index (χ1n) is 7.29. The Morgan fingerprint density at radius 2 is 1.38 bits per heavy atom. The van der Waals surface area contributed by atoms with Gasteiger partial charge in [-0.05, 0) is 57.3 Å². The van der Waals surface area contributed by atoms with Crippen molar-refractivity contribution in [2.45, 2.75) is 82.8 Å². The molecule has 2 saturated carbocycles. The van der Waals surface area contributed by atoms with E-state index in [0.717, 1.165) is 18.0 Å². The van der Waals surface area contributed by atoms with Crippen molar-refractivity contribution in [1.82, 2.24) is 5.32 Å². The van der Waals surface area contributed by atoms with E-state index in [9.17, 15) is 0 Å². The molecule has 0 aromatic carbocycles. The van der Waals surface area contributed by atoms with Gasteiger partial charge in [0.1, 0.15) is 0 Å². The molecule has 0 spiro atoms. The molecule has 0 amide bonds. The first-order valence-corrected chi connectivity index (χ1v) is 7.29. The third-order valence-electron chi connectivity index (χ3n) is 4.67. The summed E-state index contributed by atoms with van der Waals surface area (Å²) in [5.74, 6) is 1.01. The van der Waals surface area contributed by atoms with Gasteiger partial charge in [-0.3, -0.25) is 0 Å². The van der Waals surface area contributed by atoms with E-state index < -0.39 is 0 Å². The molecule has 2 rings (SSSR count). The Balaban J connectivity index is 1.66. The number of hydrogen-bond acceptors (Lipinski definition) is 2. The first-order chi connectivity index (χ1) is 7.78. The minimum atomic E-state index is 0.480. The maximum Gasteiger partial charge on any atom is 0.00708 e. The van der Waals surface area contributed by atoms with Gasteiger partial charge in [0.2, 0.25) is 0 Å². The molecule has 0 unspecified atom stereocenters. The average Bonchev–Trinajstić information content (AvgIpc) is 2.33. The fourth-order valence-corrected chi connectivity index (χ4v) is 3.36. The standard InChI is InChI=1S/C14H28N2/c1-2-11-3-7-13(8-4-11)16-14-9-5-12(15)6-10-14/h11-14,16H,2-10,15H2,1H3. The SMILES string of the molecule is CCC1CCC(NC2CCC(N)CC2)CC1.